The van der Waals surface area contributed by atoms with Gasteiger partial charge in [0.25, 0.3) is 0 Å². The number of para-hydroxylation sites is 1. The number of nitrogens with zero attached hydrogens (tertiary/aromatic N) is 2. The van der Waals surface area contributed by atoms with Crippen LogP contribution in [0.3, 0.4) is 0 Å². The van der Waals surface area contributed by atoms with Crippen molar-refractivity contribution < 1.29 is 4.39 Å². The number of rotatable bonds is 1. The van der Waals surface area contributed by atoms with Crippen molar-refractivity contribution in [2.45, 2.75) is 0 Å². The van der Waals surface area contributed by atoms with Gasteiger partial charge >= 0.3 is 0 Å². The Hall–Kier alpha value is -2.73. The molecule has 2 nitrogen and oxygen atoms in total. The van der Waals surface area contributed by atoms with E-state index in [4.69, 9.17) is 5.26 Å². The van der Waals surface area contributed by atoms with Gasteiger partial charge in [0.2, 0.25) is 0 Å². The monoisotopic (exact) mass is 248 g/mol. The van der Waals surface area contributed by atoms with E-state index in [1.165, 1.54) is 6.07 Å². The van der Waals surface area contributed by atoms with Crippen molar-refractivity contribution in [2.24, 2.45) is 0 Å². The van der Waals surface area contributed by atoms with Crippen LogP contribution in [0.4, 0.5) is 4.39 Å². The minimum atomic E-state index is -0.519. The van der Waals surface area contributed by atoms with Crippen LogP contribution in [0.5, 0.6) is 0 Å². The Bertz CT molecular complexity index is 803. The fourth-order valence-corrected chi connectivity index (χ4v) is 2.07. The molecule has 90 valence electrons. The highest BCUT2D eigenvalue weighted by atomic mass is 19.1. The molecule has 0 amide bonds. The molecule has 0 saturated heterocycles. The van der Waals surface area contributed by atoms with Crippen LogP contribution in [0.15, 0.2) is 54.6 Å². The second-order valence-electron chi connectivity index (χ2n) is 4.16. The highest BCUT2D eigenvalue weighted by Crippen LogP contribution is 2.25. The van der Waals surface area contributed by atoms with E-state index in [-0.39, 0.29) is 5.56 Å². The number of hydrogen-bond acceptors (Lipinski definition) is 2. The fourth-order valence-electron chi connectivity index (χ4n) is 2.07. The number of fused-ring (bicyclic) bond motifs is 1. The van der Waals surface area contributed by atoms with Gasteiger partial charge in [0, 0.05) is 10.9 Å². The Morgan fingerprint density at radius 2 is 1.79 bits per heavy atom. The van der Waals surface area contributed by atoms with Crippen LogP contribution in [0.25, 0.3) is 22.2 Å². The first kappa shape index (κ1) is 11.4. The predicted molar refractivity (Wildman–Crippen MR) is 71.9 cm³/mol. The summed E-state index contributed by atoms with van der Waals surface area (Å²) in [5, 5.41) is 10.1. The molecule has 0 aliphatic rings. The molecule has 0 radical (unpaired) electrons. The standard InChI is InChI=1S/C16H9FN2/c17-14-6-3-5-12(13(14)10-18)16-9-8-11-4-1-2-7-15(11)19-16/h1-9H. The minimum Gasteiger partial charge on any atom is -0.248 e. The van der Waals surface area contributed by atoms with Crippen LogP contribution in [-0.4, -0.2) is 4.98 Å². The molecule has 1 heterocycles. The molecule has 0 unspecified atom stereocenters. The average molecular weight is 248 g/mol. The van der Waals surface area contributed by atoms with Gasteiger partial charge in [-0.05, 0) is 18.2 Å². The van der Waals surface area contributed by atoms with Crippen LogP contribution < -0.4 is 0 Å². The molecule has 2 aromatic carbocycles. The van der Waals surface area contributed by atoms with Gasteiger partial charge in [0.1, 0.15) is 11.9 Å². The van der Waals surface area contributed by atoms with Crippen LogP contribution in [0.2, 0.25) is 0 Å². The molecule has 3 rings (SSSR count). The maximum Gasteiger partial charge on any atom is 0.141 e. The molecule has 0 spiro atoms. The van der Waals surface area contributed by atoms with E-state index in [1.54, 1.807) is 18.2 Å². The van der Waals surface area contributed by atoms with E-state index in [0.29, 0.717) is 11.3 Å². The quantitative estimate of drug-likeness (QED) is 0.654. The third-order valence-corrected chi connectivity index (χ3v) is 3.00. The number of benzene rings is 2. The minimum absolute atomic E-state index is 0.0327. The van der Waals surface area contributed by atoms with Crippen molar-refractivity contribution in [1.82, 2.24) is 4.98 Å². The van der Waals surface area contributed by atoms with Gasteiger partial charge < -0.3 is 0 Å². The predicted octanol–water partition coefficient (Wildman–Crippen LogP) is 3.91. The molecule has 3 aromatic rings. The second-order valence-corrected chi connectivity index (χ2v) is 4.16. The number of halogens is 1. The highest BCUT2D eigenvalue weighted by molar-refractivity contribution is 5.82. The van der Waals surface area contributed by atoms with Crippen molar-refractivity contribution in [2.75, 3.05) is 0 Å². The summed E-state index contributed by atoms with van der Waals surface area (Å²) < 4.78 is 13.6. The molecule has 0 aliphatic carbocycles. The van der Waals surface area contributed by atoms with Gasteiger partial charge in [-0.15, -0.1) is 0 Å². The molecular formula is C16H9FN2. The smallest absolute Gasteiger partial charge is 0.141 e. The molecule has 0 aliphatic heterocycles. The summed E-state index contributed by atoms with van der Waals surface area (Å²) in [6.07, 6.45) is 0. The lowest BCUT2D eigenvalue weighted by Gasteiger charge is -2.05. The first-order chi connectivity index (χ1) is 9.29. The summed E-state index contributed by atoms with van der Waals surface area (Å²) in [7, 11) is 0. The van der Waals surface area contributed by atoms with Crippen molar-refractivity contribution >= 4 is 10.9 Å². The Morgan fingerprint density at radius 3 is 2.63 bits per heavy atom. The first-order valence-corrected chi connectivity index (χ1v) is 5.84. The van der Waals surface area contributed by atoms with Crippen molar-refractivity contribution in [3.63, 3.8) is 0 Å². The van der Waals surface area contributed by atoms with Gasteiger partial charge in [0.05, 0.1) is 16.8 Å². The maximum atomic E-state index is 13.6. The number of hydrogen-bond donors (Lipinski definition) is 0. The van der Waals surface area contributed by atoms with E-state index in [2.05, 4.69) is 4.98 Å². The molecule has 0 atom stereocenters. The highest BCUT2D eigenvalue weighted by Gasteiger charge is 2.10. The third kappa shape index (κ3) is 1.94. The molecular weight excluding hydrogens is 239 g/mol. The fraction of sp³-hybridized carbons (Fsp3) is 0. The largest absolute Gasteiger partial charge is 0.248 e. The van der Waals surface area contributed by atoms with Gasteiger partial charge in [-0.25, -0.2) is 9.37 Å². The zero-order valence-corrected chi connectivity index (χ0v) is 9.97. The Labute approximate surface area is 109 Å². The van der Waals surface area contributed by atoms with Crippen molar-refractivity contribution in [1.29, 1.82) is 5.26 Å². The average Bonchev–Trinajstić information content (AvgIpc) is 2.46. The third-order valence-electron chi connectivity index (χ3n) is 3.00. The molecule has 3 heteroatoms. The van der Waals surface area contributed by atoms with Crippen molar-refractivity contribution in [3.8, 4) is 17.3 Å². The van der Waals surface area contributed by atoms with Gasteiger partial charge in [0.15, 0.2) is 0 Å². The summed E-state index contributed by atoms with van der Waals surface area (Å²) in [5.74, 6) is -0.519. The Balaban J connectivity index is 2.25. The number of aromatic nitrogens is 1. The lowest BCUT2D eigenvalue weighted by atomic mass is 10.0. The molecule has 0 N–H and O–H groups in total. The zero-order chi connectivity index (χ0) is 13.2. The molecule has 0 fully saturated rings. The lowest BCUT2D eigenvalue weighted by molar-refractivity contribution is 0.624. The van der Waals surface area contributed by atoms with E-state index >= 15 is 0 Å². The van der Waals surface area contributed by atoms with Crippen LogP contribution in [-0.2, 0) is 0 Å². The Morgan fingerprint density at radius 1 is 0.947 bits per heavy atom. The second kappa shape index (κ2) is 4.51. The topological polar surface area (TPSA) is 36.7 Å². The van der Waals surface area contributed by atoms with Crippen LogP contribution in [0.1, 0.15) is 5.56 Å². The first-order valence-electron chi connectivity index (χ1n) is 5.84. The molecule has 1 aromatic heterocycles. The van der Waals surface area contributed by atoms with Gasteiger partial charge in [-0.3, -0.25) is 0 Å². The summed E-state index contributed by atoms with van der Waals surface area (Å²) in [5.41, 5.74) is 1.99. The lowest BCUT2D eigenvalue weighted by Crippen LogP contribution is -1.92. The Kier molecular flexibility index (Phi) is 2.70. The van der Waals surface area contributed by atoms with E-state index < -0.39 is 5.82 Å². The number of pyridine rings is 1. The zero-order valence-electron chi connectivity index (χ0n) is 9.97. The normalized spacial score (nSPS) is 10.3. The maximum absolute atomic E-state index is 13.6. The summed E-state index contributed by atoms with van der Waals surface area (Å²) >= 11 is 0. The van der Waals surface area contributed by atoms with E-state index in [1.807, 2.05) is 36.4 Å². The summed E-state index contributed by atoms with van der Waals surface area (Å²) in [6.45, 7) is 0. The van der Waals surface area contributed by atoms with Gasteiger partial charge in [-0.2, -0.15) is 5.26 Å². The molecule has 0 saturated carbocycles. The molecule has 0 bridgehead atoms. The van der Waals surface area contributed by atoms with Crippen LogP contribution >= 0.6 is 0 Å². The van der Waals surface area contributed by atoms with Gasteiger partial charge in [-0.1, -0.05) is 36.4 Å². The van der Waals surface area contributed by atoms with E-state index in [9.17, 15) is 4.39 Å². The van der Waals surface area contributed by atoms with Crippen molar-refractivity contribution in [3.05, 3.63) is 66.0 Å². The summed E-state index contributed by atoms with van der Waals surface area (Å²) in [4.78, 5) is 4.48. The van der Waals surface area contributed by atoms with E-state index in [0.717, 1.165) is 10.9 Å². The number of nitriles is 1. The SMILES string of the molecule is N#Cc1c(F)cccc1-c1ccc2ccccc2n1. The van der Waals surface area contributed by atoms with Crippen LogP contribution in [0, 0.1) is 17.1 Å². The molecule has 19 heavy (non-hydrogen) atoms. The summed E-state index contributed by atoms with van der Waals surface area (Å²) in [6, 6.07) is 17.9.